The van der Waals surface area contributed by atoms with E-state index in [-0.39, 0.29) is 18.5 Å². The summed E-state index contributed by atoms with van der Waals surface area (Å²) < 4.78 is 5.52. The minimum absolute atomic E-state index is 0.0238. The summed E-state index contributed by atoms with van der Waals surface area (Å²) in [6, 6.07) is -0.626. The molecule has 6 heteroatoms. The van der Waals surface area contributed by atoms with Gasteiger partial charge >= 0.3 is 5.97 Å². The molecule has 0 aliphatic heterocycles. The lowest BCUT2D eigenvalue weighted by atomic mass is 10.0. The molecule has 3 N–H and O–H groups in total. The van der Waals surface area contributed by atoms with Gasteiger partial charge in [-0.25, -0.2) is 0 Å². The Hall–Kier alpha value is -1.40. The van der Waals surface area contributed by atoms with Gasteiger partial charge in [0.2, 0.25) is 5.91 Å². The highest BCUT2D eigenvalue weighted by Gasteiger charge is 2.18. The van der Waals surface area contributed by atoms with Crippen molar-refractivity contribution in [2.45, 2.75) is 456 Å². The molecule has 0 aliphatic carbocycles. The van der Waals surface area contributed by atoms with Gasteiger partial charge in [-0.15, -0.1) is 0 Å². The topological polar surface area (TPSA) is 95.9 Å². The first-order chi connectivity index (χ1) is 41.0. The Morgan fingerprint density at radius 1 is 0.325 bits per heavy atom. The predicted molar refractivity (Wildman–Crippen MR) is 366 cm³/mol. The van der Waals surface area contributed by atoms with Crippen molar-refractivity contribution in [2.24, 2.45) is 0 Å². The van der Waals surface area contributed by atoms with Gasteiger partial charge in [-0.3, -0.25) is 9.59 Å². The molecule has 0 saturated heterocycles. The SMILES string of the molecule is CCCCCCCCCCCCCCCCCCCC/C=C/C(O)C(CO)NC(=O)CCCCCCCCCCCCCCCCCCCCCCCCCCCCCOC(=O)CCCCCCCCCCCCCCCCCCCCC. The third-order valence-electron chi connectivity index (χ3n) is 18.3. The summed E-state index contributed by atoms with van der Waals surface area (Å²) >= 11 is 0. The minimum Gasteiger partial charge on any atom is -0.466 e. The summed E-state index contributed by atoms with van der Waals surface area (Å²) in [4.78, 5) is 24.7. The van der Waals surface area contributed by atoms with Crippen molar-refractivity contribution in [3.8, 4) is 0 Å². The molecule has 83 heavy (non-hydrogen) atoms. The summed E-state index contributed by atoms with van der Waals surface area (Å²) in [5.41, 5.74) is 0. The average Bonchev–Trinajstić information content (AvgIpc) is 3.49. The standard InChI is InChI=1S/C77H151NO5/c1-3-5-7-9-11-13-15-17-19-21-23-34-37-41-45-49-53-57-61-65-69-75(80)74(73-79)78-76(81)70-66-62-58-54-50-46-42-38-35-31-29-27-25-24-26-28-30-32-36-40-44-48-52-56-60-64-68-72-83-77(82)71-67-63-59-55-51-47-43-39-33-22-20-18-16-14-12-10-8-6-4-2/h65,69,74-75,79-80H,3-64,66-68,70-73H2,1-2H3,(H,78,81)/b69-65+. The van der Waals surface area contributed by atoms with E-state index in [1.54, 1.807) is 6.08 Å². The van der Waals surface area contributed by atoms with E-state index in [2.05, 4.69) is 19.2 Å². The molecule has 2 unspecified atom stereocenters. The quantitative estimate of drug-likeness (QED) is 0.0320. The number of esters is 1. The molecule has 0 fully saturated rings. The second-order valence-corrected chi connectivity index (χ2v) is 26.7. The Morgan fingerprint density at radius 2 is 0.554 bits per heavy atom. The second-order valence-electron chi connectivity index (χ2n) is 26.7. The molecule has 6 nitrogen and oxygen atoms in total. The van der Waals surface area contributed by atoms with Gasteiger partial charge in [-0.2, -0.15) is 0 Å². The van der Waals surface area contributed by atoms with E-state index in [4.69, 9.17) is 4.74 Å². The smallest absolute Gasteiger partial charge is 0.305 e. The van der Waals surface area contributed by atoms with E-state index in [0.29, 0.717) is 19.4 Å². The molecule has 0 radical (unpaired) electrons. The number of carbonyl (C=O) groups excluding carboxylic acids is 2. The number of ether oxygens (including phenoxy) is 1. The molecule has 0 aliphatic rings. The molecular weight excluding hydrogens is 1020 g/mol. The summed E-state index contributed by atoms with van der Waals surface area (Å²) in [7, 11) is 0. The van der Waals surface area contributed by atoms with Crippen LogP contribution in [0.5, 0.6) is 0 Å². The van der Waals surface area contributed by atoms with Crippen molar-refractivity contribution in [1.82, 2.24) is 5.32 Å². The van der Waals surface area contributed by atoms with Crippen molar-refractivity contribution in [3.63, 3.8) is 0 Å². The lowest BCUT2D eigenvalue weighted by Gasteiger charge is -2.20. The zero-order chi connectivity index (χ0) is 59.9. The van der Waals surface area contributed by atoms with Crippen LogP contribution < -0.4 is 5.32 Å². The molecule has 0 spiro atoms. The average molecular weight is 1170 g/mol. The van der Waals surface area contributed by atoms with Crippen LogP contribution in [-0.2, 0) is 14.3 Å². The fourth-order valence-corrected chi connectivity index (χ4v) is 12.5. The van der Waals surface area contributed by atoms with Gasteiger partial charge in [0.05, 0.1) is 25.4 Å². The third kappa shape index (κ3) is 69.6. The highest BCUT2D eigenvalue weighted by atomic mass is 16.5. The van der Waals surface area contributed by atoms with Crippen LogP contribution in [-0.4, -0.2) is 47.4 Å². The first-order valence-corrected chi connectivity index (χ1v) is 38.5. The van der Waals surface area contributed by atoms with Gasteiger partial charge in [-0.1, -0.05) is 411 Å². The molecule has 0 bridgehead atoms. The van der Waals surface area contributed by atoms with Crippen molar-refractivity contribution >= 4 is 11.9 Å². The molecular formula is C77H151NO5. The van der Waals surface area contributed by atoms with E-state index in [9.17, 15) is 19.8 Å². The van der Waals surface area contributed by atoms with Gasteiger partial charge in [0.15, 0.2) is 0 Å². The van der Waals surface area contributed by atoms with Gasteiger partial charge in [0.25, 0.3) is 0 Å². The van der Waals surface area contributed by atoms with Gasteiger partial charge in [0.1, 0.15) is 0 Å². The molecule has 2 atom stereocenters. The summed E-state index contributed by atoms with van der Waals surface area (Å²) in [6.45, 7) is 4.96. The molecule has 0 rings (SSSR count). The maximum atomic E-state index is 12.5. The highest BCUT2D eigenvalue weighted by Crippen LogP contribution is 2.20. The Balaban J connectivity index is 3.35. The normalized spacial score (nSPS) is 12.5. The maximum Gasteiger partial charge on any atom is 0.305 e. The molecule has 494 valence electrons. The van der Waals surface area contributed by atoms with Crippen molar-refractivity contribution in [1.29, 1.82) is 0 Å². The van der Waals surface area contributed by atoms with Gasteiger partial charge in [0, 0.05) is 12.8 Å². The monoisotopic (exact) mass is 1170 g/mol. The van der Waals surface area contributed by atoms with E-state index in [1.807, 2.05) is 6.08 Å². The summed E-state index contributed by atoms with van der Waals surface area (Å²) in [5.74, 6) is -0.0365. The summed E-state index contributed by atoms with van der Waals surface area (Å²) in [5, 5.41) is 23.3. The van der Waals surface area contributed by atoms with Crippen molar-refractivity contribution in [3.05, 3.63) is 12.2 Å². The van der Waals surface area contributed by atoms with Crippen LogP contribution in [0.1, 0.15) is 444 Å². The third-order valence-corrected chi connectivity index (χ3v) is 18.3. The van der Waals surface area contributed by atoms with Crippen LogP contribution in [0.25, 0.3) is 0 Å². The minimum atomic E-state index is -0.843. The molecule has 0 aromatic carbocycles. The Labute approximate surface area is 520 Å². The van der Waals surface area contributed by atoms with E-state index < -0.39 is 12.1 Å². The number of aliphatic hydroxyl groups excluding tert-OH is 2. The van der Waals surface area contributed by atoms with Crippen LogP contribution in [0.3, 0.4) is 0 Å². The fourth-order valence-electron chi connectivity index (χ4n) is 12.5. The molecule has 0 heterocycles. The maximum absolute atomic E-state index is 12.5. The van der Waals surface area contributed by atoms with Crippen LogP contribution in [0.4, 0.5) is 0 Å². The number of hydrogen-bond donors (Lipinski definition) is 3. The molecule has 1 amide bonds. The zero-order valence-corrected chi connectivity index (χ0v) is 56.7. The van der Waals surface area contributed by atoms with Crippen molar-refractivity contribution < 1.29 is 24.5 Å². The van der Waals surface area contributed by atoms with E-state index in [0.717, 1.165) is 38.5 Å². The summed E-state index contributed by atoms with van der Waals surface area (Å²) in [6.07, 6.45) is 91.8. The van der Waals surface area contributed by atoms with Gasteiger partial charge < -0.3 is 20.3 Å². The van der Waals surface area contributed by atoms with Crippen LogP contribution in [0, 0.1) is 0 Å². The lowest BCUT2D eigenvalue weighted by molar-refractivity contribution is -0.143. The first kappa shape index (κ1) is 81.6. The number of aliphatic hydroxyl groups is 2. The number of amides is 1. The highest BCUT2D eigenvalue weighted by molar-refractivity contribution is 5.76. The zero-order valence-electron chi connectivity index (χ0n) is 56.7. The second kappa shape index (κ2) is 73.1. The van der Waals surface area contributed by atoms with Crippen LogP contribution >= 0.6 is 0 Å². The number of allylic oxidation sites excluding steroid dienone is 1. The first-order valence-electron chi connectivity index (χ1n) is 38.5. The molecule has 0 aromatic rings. The Morgan fingerprint density at radius 3 is 0.819 bits per heavy atom. The van der Waals surface area contributed by atoms with E-state index >= 15 is 0 Å². The fraction of sp³-hybridized carbons (Fsp3) is 0.948. The number of hydrogen-bond acceptors (Lipinski definition) is 5. The number of carbonyl (C=O) groups is 2. The largest absolute Gasteiger partial charge is 0.466 e. The van der Waals surface area contributed by atoms with E-state index in [1.165, 1.54) is 379 Å². The molecule has 0 saturated carbocycles. The Kier molecular flexibility index (Phi) is 71.8. The molecule has 0 aromatic heterocycles. The van der Waals surface area contributed by atoms with Crippen molar-refractivity contribution in [2.75, 3.05) is 13.2 Å². The Bertz CT molecular complexity index is 1260. The number of nitrogens with one attached hydrogen (secondary N) is 1. The van der Waals surface area contributed by atoms with Crippen LogP contribution in [0.15, 0.2) is 12.2 Å². The number of unbranched alkanes of at least 4 members (excludes halogenated alkanes) is 62. The van der Waals surface area contributed by atoms with Crippen LogP contribution in [0.2, 0.25) is 0 Å². The lowest BCUT2D eigenvalue weighted by Crippen LogP contribution is -2.45. The predicted octanol–water partition coefficient (Wildman–Crippen LogP) is 25.1. The van der Waals surface area contributed by atoms with Gasteiger partial charge in [-0.05, 0) is 32.1 Å². The number of rotatable bonds is 73.